The molecular weight excluding hydrogens is 172 g/mol. The Morgan fingerprint density at radius 1 is 1.43 bits per heavy atom. The molecule has 1 aromatic rings. The number of hydrogen-bond acceptors (Lipinski definition) is 1. The third kappa shape index (κ3) is 2.81. The minimum Gasteiger partial charge on any atom is -0.497 e. The van der Waals surface area contributed by atoms with Crippen LogP contribution in [0.5, 0.6) is 5.75 Å². The first-order valence-corrected chi connectivity index (χ1v) is 4.81. The van der Waals surface area contributed by atoms with Crippen molar-refractivity contribution in [1.29, 1.82) is 0 Å². The van der Waals surface area contributed by atoms with Gasteiger partial charge in [-0.3, -0.25) is 0 Å². The van der Waals surface area contributed by atoms with Crippen molar-refractivity contribution in [2.24, 2.45) is 0 Å². The summed E-state index contributed by atoms with van der Waals surface area (Å²) < 4.78 is 5.17. The van der Waals surface area contributed by atoms with E-state index in [1.165, 1.54) is 5.56 Å². The Morgan fingerprint density at radius 3 is 2.86 bits per heavy atom. The molecule has 0 spiro atoms. The van der Waals surface area contributed by atoms with Crippen LogP contribution < -0.4 is 4.74 Å². The second-order valence-electron chi connectivity index (χ2n) is 3.31. The molecule has 0 aliphatic carbocycles. The molecule has 0 saturated heterocycles. The lowest BCUT2D eigenvalue weighted by Crippen LogP contribution is -1.92. The molecule has 0 heterocycles. The van der Waals surface area contributed by atoms with Gasteiger partial charge < -0.3 is 4.74 Å². The quantitative estimate of drug-likeness (QED) is 0.662. The molecule has 0 amide bonds. The molecule has 74 valence electrons. The van der Waals surface area contributed by atoms with Gasteiger partial charge in [-0.1, -0.05) is 19.1 Å². The zero-order chi connectivity index (χ0) is 10.4. The highest BCUT2D eigenvalue weighted by Gasteiger charge is 2.04. The summed E-state index contributed by atoms with van der Waals surface area (Å²) in [6, 6.07) is 8.16. The zero-order valence-electron chi connectivity index (χ0n) is 9.00. The molecule has 14 heavy (non-hydrogen) atoms. The normalized spacial score (nSPS) is 11.4. The van der Waals surface area contributed by atoms with Gasteiger partial charge in [0.1, 0.15) is 5.75 Å². The second kappa shape index (κ2) is 5.34. The highest BCUT2D eigenvalue weighted by atomic mass is 16.5. The number of rotatable bonds is 3. The fourth-order valence-electron chi connectivity index (χ4n) is 1.32. The van der Waals surface area contributed by atoms with E-state index >= 15 is 0 Å². The van der Waals surface area contributed by atoms with Crippen molar-refractivity contribution in [3.63, 3.8) is 0 Å². The first-order chi connectivity index (χ1) is 6.77. The van der Waals surface area contributed by atoms with E-state index in [2.05, 4.69) is 30.9 Å². The Kier molecular flexibility index (Phi) is 4.07. The highest BCUT2D eigenvalue weighted by molar-refractivity contribution is 5.31. The fourth-order valence-corrected chi connectivity index (χ4v) is 1.32. The molecule has 0 fully saturated rings. The van der Waals surface area contributed by atoms with Gasteiger partial charge in [0.15, 0.2) is 0 Å². The molecule has 1 heteroatoms. The van der Waals surface area contributed by atoms with Crippen LogP contribution in [0, 0.1) is 11.8 Å². The number of ether oxygens (including phenoxy) is 1. The smallest absolute Gasteiger partial charge is 0.119 e. The van der Waals surface area contributed by atoms with Crippen LogP contribution in [0.25, 0.3) is 0 Å². The molecule has 1 rings (SSSR count). The lowest BCUT2D eigenvalue weighted by Gasteiger charge is -2.09. The van der Waals surface area contributed by atoms with E-state index in [0.29, 0.717) is 5.92 Å². The van der Waals surface area contributed by atoms with Gasteiger partial charge >= 0.3 is 0 Å². The van der Waals surface area contributed by atoms with Crippen molar-refractivity contribution in [3.05, 3.63) is 29.8 Å². The van der Waals surface area contributed by atoms with Gasteiger partial charge in [-0.25, -0.2) is 0 Å². The van der Waals surface area contributed by atoms with Crippen molar-refractivity contribution >= 4 is 0 Å². The molecular formula is C13H16O. The van der Waals surface area contributed by atoms with Gasteiger partial charge in [0.25, 0.3) is 0 Å². The Bertz CT molecular complexity index is 344. The van der Waals surface area contributed by atoms with Gasteiger partial charge in [0.2, 0.25) is 0 Å². The average Bonchev–Trinajstić information content (AvgIpc) is 2.26. The second-order valence-corrected chi connectivity index (χ2v) is 3.31. The molecule has 0 aromatic heterocycles. The number of benzene rings is 1. The molecule has 1 unspecified atom stereocenters. The summed E-state index contributed by atoms with van der Waals surface area (Å²) >= 11 is 0. The molecule has 0 aliphatic rings. The molecule has 0 saturated carbocycles. The van der Waals surface area contributed by atoms with E-state index in [9.17, 15) is 0 Å². The average molecular weight is 188 g/mol. The minimum absolute atomic E-state index is 0.470. The van der Waals surface area contributed by atoms with Crippen LogP contribution in [0.3, 0.4) is 0 Å². The van der Waals surface area contributed by atoms with E-state index in [0.717, 1.165) is 12.2 Å². The summed E-state index contributed by atoms with van der Waals surface area (Å²) in [6.07, 6.45) is 0.906. The van der Waals surface area contributed by atoms with Gasteiger partial charge in [-0.15, -0.1) is 11.8 Å². The van der Waals surface area contributed by atoms with Crippen molar-refractivity contribution < 1.29 is 4.74 Å². The number of methoxy groups -OCH3 is 1. The summed E-state index contributed by atoms with van der Waals surface area (Å²) in [5.41, 5.74) is 1.28. The van der Waals surface area contributed by atoms with Crippen LogP contribution in [0.1, 0.15) is 31.7 Å². The van der Waals surface area contributed by atoms with Gasteiger partial charge in [-0.05, 0) is 30.5 Å². The third-order valence-electron chi connectivity index (χ3n) is 2.25. The molecule has 0 N–H and O–H groups in total. The maximum absolute atomic E-state index is 5.17. The Hall–Kier alpha value is -1.42. The lowest BCUT2D eigenvalue weighted by molar-refractivity contribution is 0.414. The molecule has 1 nitrogen and oxygen atoms in total. The maximum Gasteiger partial charge on any atom is 0.119 e. The van der Waals surface area contributed by atoms with E-state index in [1.807, 2.05) is 19.1 Å². The van der Waals surface area contributed by atoms with E-state index in [-0.39, 0.29) is 0 Å². The topological polar surface area (TPSA) is 9.23 Å². The van der Waals surface area contributed by atoms with Crippen LogP contribution >= 0.6 is 0 Å². The Morgan fingerprint density at radius 2 is 2.21 bits per heavy atom. The summed E-state index contributed by atoms with van der Waals surface area (Å²) in [5, 5.41) is 0. The zero-order valence-corrected chi connectivity index (χ0v) is 9.00. The summed E-state index contributed by atoms with van der Waals surface area (Å²) in [4.78, 5) is 0. The minimum atomic E-state index is 0.470. The van der Waals surface area contributed by atoms with E-state index in [1.54, 1.807) is 7.11 Å². The predicted molar refractivity (Wildman–Crippen MR) is 59.5 cm³/mol. The Labute approximate surface area is 86.1 Å². The summed E-state index contributed by atoms with van der Waals surface area (Å²) in [5.74, 6) is 7.39. The van der Waals surface area contributed by atoms with Gasteiger partial charge in [-0.2, -0.15) is 0 Å². The first-order valence-electron chi connectivity index (χ1n) is 4.81. The largest absolute Gasteiger partial charge is 0.497 e. The summed E-state index contributed by atoms with van der Waals surface area (Å²) in [7, 11) is 1.69. The van der Waals surface area contributed by atoms with Crippen LogP contribution in [0.15, 0.2) is 24.3 Å². The number of hydrogen-bond donors (Lipinski definition) is 0. The van der Waals surface area contributed by atoms with E-state index < -0.39 is 0 Å². The Balaban J connectivity index is 2.76. The van der Waals surface area contributed by atoms with Crippen LogP contribution in [-0.2, 0) is 0 Å². The molecule has 1 atom stereocenters. The van der Waals surface area contributed by atoms with Crippen molar-refractivity contribution in [2.45, 2.75) is 26.2 Å². The molecule has 0 radical (unpaired) electrons. The summed E-state index contributed by atoms with van der Waals surface area (Å²) in [6.45, 7) is 4.05. The van der Waals surface area contributed by atoms with Gasteiger partial charge in [0.05, 0.1) is 7.11 Å². The van der Waals surface area contributed by atoms with Crippen LogP contribution in [0.4, 0.5) is 0 Å². The molecule has 1 aromatic carbocycles. The van der Waals surface area contributed by atoms with Crippen LogP contribution in [-0.4, -0.2) is 7.11 Å². The first kappa shape index (κ1) is 10.7. The molecule has 0 bridgehead atoms. The molecule has 0 aliphatic heterocycles. The predicted octanol–water partition coefficient (Wildman–Crippen LogP) is 3.21. The monoisotopic (exact) mass is 188 g/mol. The van der Waals surface area contributed by atoms with Crippen LogP contribution in [0.2, 0.25) is 0 Å². The lowest BCUT2D eigenvalue weighted by atomic mass is 9.98. The maximum atomic E-state index is 5.17. The van der Waals surface area contributed by atoms with Crippen molar-refractivity contribution in [1.82, 2.24) is 0 Å². The van der Waals surface area contributed by atoms with E-state index in [4.69, 9.17) is 4.74 Å². The fraction of sp³-hybridized carbons (Fsp3) is 0.385. The SMILES string of the molecule is CC#CCC(C)c1cccc(OC)c1. The van der Waals surface area contributed by atoms with Crippen molar-refractivity contribution in [3.8, 4) is 17.6 Å². The third-order valence-corrected chi connectivity index (χ3v) is 2.25. The highest BCUT2D eigenvalue weighted by Crippen LogP contribution is 2.22. The van der Waals surface area contributed by atoms with Gasteiger partial charge in [0, 0.05) is 6.42 Å². The van der Waals surface area contributed by atoms with Crippen molar-refractivity contribution in [2.75, 3.05) is 7.11 Å². The standard InChI is InChI=1S/C13H16O/c1-4-5-7-11(2)12-8-6-9-13(10-12)14-3/h6,8-11H,7H2,1-3H3.